The minimum atomic E-state index is -0.334. The fraction of sp³-hybridized carbons (Fsp3) is 0.381. The number of ether oxygens (including phenoxy) is 2. The highest BCUT2D eigenvalue weighted by atomic mass is 35.5. The van der Waals surface area contributed by atoms with Gasteiger partial charge >= 0.3 is 5.97 Å². The average Bonchev–Trinajstić information content (AvgIpc) is 2.62. The molecule has 164 valence electrons. The molecule has 29 heavy (non-hydrogen) atoms. The van der Waals surface area contributed by atoms with Crippen LogP contribution >= 0.6 is 24.8 Å². The predicted octanol–water partition coefficient (Wildman–Crippen LogP) is 3.06. The summed E-state index contributed by atoms with van der Waals surface area (Å²) in [5, 5.41) is 0. The number of nitrogens with zero attached hydrogens (tertiary/aromatic N) is 2. The van der Waals surface area contributed by atoms with Crippen LogP contribution in [0.25, 0.3) is 0 Å². The van der Waals surface area contributed by atoms with Crippen LogP contribution in [-0.4, -0.2) is 62.6 Å². The van der Waals surface area contributed by atoms with Crippen LogP contribution in [0.2, 0.25) is 0 Å². The number of esters is 1. The number of halogens is 2. The Morgan fingerprint density at radius 2 is 1.62 bits per heavy atom. The first-order valence-corrected chi connectivity index (χ1v) is 8.71. The molecule has 0 aliphatic carbocycles. The summed E-state index contributed by atoms with van der Waals surface area (Å²) in [5.41, 5.74) is 2.80. The van der Waals surface area contributed by atoms with E-state index in [4.69, 9.17) is 9.47 Å². The zero-order valence-corrected chi connectivity index (χ0v) is 19.0. The Hall–Kier alpha value is -1.83. The van der Waals surface area contributed by atoms with Crippen LogP contribution in [0.4, 0.5) is 0 Å². The van der Waals surface area contributed by atoms with E-state index >= 15 is 0 Å². The van der Waals surface area contributed by atoms with Crippen LogP contribution in [0.5, 0.6) is 5.75 Å². The van der Waals surface area contributed by atoms with Crippen LogP contribution in [0, 0.1) is 0 Å². The Bertz CT molecular complexity index is 715. The lowest BCUT2D eigenvalue weighted by Crippen LogP contribution is -2.24. The molecular formula is C21H32Cl2N2O4. The molecule has 0 unspecified atom stereocenters. The first-order valence-electron chi connectivity index (χ1n) is 8.71. The summed E-state index contributed by atoms with van der Waals surface area (Å²) in [4.78, 5) is 16.0. The summed E-state index contributed by atoms with van der Waals surface area (Å²) < 4.78 is 10.8. The second-order valence-electron chi connectivity index (χ2n) is 6.62. The molecule has 0 bridgehead atoms. The van der Waals surface area contributed by atoms with E-state index in [2.05, 4.69) is 36.2 Å². The van der Waals surface area contributed by atoms with Crippen molar-refractivity contribution in [2.75, 3.05) is 41.4 Å². The monoisotopic (exact) mass is 446 g/mol. The molecule has 2 aromatic carbocycles. The van der Waals surface area contributed by atoms with E-state index in [9.17, 15) is 4.79 Å². The molecule has 0 radical (unpaired) electrons. The smallest absolute Gasteiger partial charge is 0.337 e. The van der Waals surface area contributed by atoms with Crippen molar-refractivity contribution in [3.05, 3.63) is 65.2 Å². The largest absolute Gasteiger partial charge is 0.492 e. The van der Waals surface area contributed by atoms with E-state index in [1.54, 1.807) is 6.07 Å². The summed E-state index contributed by atoms with van der Waals surface area (Å²) in [6.45, 7) is 2.98. The van der Waals surface area contributed by atoms with E-state index in [1.807, 2.05) is 37.2 Å². The molecule has 0 aliphatic rings. The van der Waals surface area contributed by atoms with Gasteiger partial charge in [0.25, 0.3) is 0 Å². The molecular weight excluding hydrogens is 415 g/mol. The fourth-order valence-corrected chi connectivity index (χ4v) is 2.71. The topological polar surface area (TPSA) is 73.5 Å². The van der Waals surface area contributed by atoms with Crippen molar-refractivity contribution < 1.29 is 19.7 Å². The summed E-state index contributed by atoms with van der Waals surface area (Å²) in [6.07, 6.45) is 0. The van der Waals surface area contributed by atoms with E-state index in [-0.39, 0.29) is 36.3 Å². The number of methoxy groups -OCH3 is 1. The third-order valence-corrected chi connectivity index (χ3v) is 3.99. The van der Waals surface area contributed by atoms with Crippen molar-refractivity contribution >= 4 is 30.8 Å². The van der Waals surface area contributed by atoms with Crippen molar-refractivity contribution in [2.24, 2.45) is 0 Å². The van der Waals surface area contributed by atoms with Crippen molar-refractivity contribution in [2.45, 2.75) is 13.1 Å². The molecule has 0 heterocycles. The molecule has 2 aromatic rings. The molecule has 8 heteroatoms. The van der Waals surface area contributed by atoms with Gasteiger partial charge in [0.2, 0.25) is 0 Å². The second-order valence-corrected chi connectivity index (χ2v) is 6.62. The van der Waals surface area contributed by atoms with E-state index in [1.165, 1.54) is 12.7 Å². The van der Waals surface area contributed by atoms with Gasteiger partial charge in [-0.2, -0.15) is 0 Å². The third kappa shape index (κ3) is 9.96. The van der Waals surface area contributed by atoms with Gasteiger partial charge in [-0.25, -0.2) is 4.79 Å². The molecule has 0 aromatic heterocycles. The van der Waals surface area contributed by atoms with Crippen molar-refractivity contribution in [1.82, 2.24) is 9.80 Å². The summed E-state index contributed by atoms with van der Waals surface area (Å²) in [6, 6.07) is 15.8. The quantitative estimate of drug-likeness (QED) is 0.553. The Morgan fingerprint density at radius 3 is 2.21 bits per heavy atom. The van der Waals surface area contributed by atoms with E-state index < -0.39 is 0 Å². The summed E-state index contributed by atoms with van der Waals surface area (Å²) in [7, 11) is 7.45. The molecule has 0 fully saturated rings. The van der Waals surface area contributed by atoms with Gasteiger partial charge in [0.15, 0.2) is 0 Å². The molecule has 0 amide bonds. The standard InChI is InChI=1S/C21H28N2O3.2ClH.H2O/c1-22(2)16-19-14-18(21(24)25-4)10-11-20(19)26-13-12-23(3)15-17-8-6-5-7-9-17;;;/h5-11,14H,12-13,15-16H2,1-4H3;2*1H;1H2. The van der Waals surface area contributed by atoms with Gasteiger partial charge in [-0.15, -0.1) is 24.8 Å². The maximum absolute atomic E-state index is 11.8. The van der Waals surface area contributed by atoms with Gasteiger partial charge in [-0.3, -0.25) is 4.90 Å². The molecule has 0 saturated heterocycles. The van der Waals surface area contributed by atoms with Crippen LogP contribution < -0.4 is 4.74 Å². The molecule has 0 spiro atoms. The first kappa shape index (κ1) is 29.4. The number of carbonyl (C=O) groups is 1. The van der Waals surface area contributed by atoms with Crippen LogP contribution in [0.3, 0.4) is 0 Å². The number of benzene rings is 2. The Labute approximate surface area is 185 Å². The lowest BCUT2D eigenvalue weighted by atomic mass is 10.1. The number of rotatable bonds is 9. The van der Waals surface area contributed by atoms with Gasteiger partial charge in [-0.05, 0) is 44.9 Å². The van der Waals surface area contributed by atoms with Crippen LogP contribution in [0.1, 0.15) is 21.5 Å². The lowest BCUT2D eigenvalue weighted by Gasteiger charge is -2.19. The first-order chi connectivity index (χ1) is 12.5. The molecule has 6 nitrogen and oxygen atoms in total. The van der Waals surface area contributed by atoms with E-state index in [0.717, 1.165) is 24.4 Å². The molecule has 0 aliphatic heterocycles. The molecule has 2 N–H and O–H groups in total. The van der Waals surface area contributed by atoms with Gasteiger partial charge in [0.05, 0.1) is 12.7 Å². The minimum Gasteiger partial charge on any atom is -0.492 e. The number of hydrogen-bond acceptors (Lipinski definition) is 5. The zero-order valence-electron chi connectivity index (χ0n) is 17.4. The SMILES string of the molecule is COC(=O)c1ccc(OCCN(C)Cc2ccccc2)c(CN(C)C)c1.Cl.Cl.O. The zero-order chi connectivity index (χ0) is 18.9. The predicted molar refractivity (Wildman–Crippen MR) is 122 cm³/mol. The highest BCUT2D eigenvalue weighted by Crippen LogP contribution is 2.22. The molecule has 0 atom stereocenters. The van der Waals surface area contributed by atoms with E-state index in [0.29, 0.717) is 18.7 Å². The Kier molecular flexibility index (Phi) is 15.3. The van der Waals surface area contributed by atoms with Crippen molar-refractivity contribution in [1.29, 1.82) is 0 Å². The number of hydrogen-bond donors (Lipinski definition) is 0. The third-order valence-electron chi connectivity index (χ3n) is 3.99. The maximum Gasteiger partial charge on any atom is 0.337 e. The van der Waals surface area contributed by atoms with Gasteiger partial charge < -0.3 is 19.8 Å². The number of carbonyl (C=O) groups excluding carboxylic acids is 1. The summed E-state index contributed by atoms with van der Waals surface area (Å²) >= 11 is 0. The van der Waals surface area contributed by atoms with Gasteiger partial charge in [-0.1, -0.05) is 30.3 Å². The highest BCUT2D eigenvalue weighted by Gasteiger charge is 2.12. The molecule has 2 rings (SSSR count). The second kappa shape index (κ2) is 15.1. The Balaban J connectivity index is 0. The molecule has 0 saturated carbocycles. The average molecular weight is 447 g/mol. The van der Waals surface area contributed by atoms with Crippen molar-refractivity contribution in [3.8, 4) is 5.75 Å². The Morgan fingerprint density at radius 1 is 0.966 bits per heavy atom. The highest BCUT2D eigenvalue weighted by molar-refractivity contribution is 5.89. The van der Waals surface area contributed by atoms with Crippen molar-refractivity contribution in [3.63, 3.8) is 0 Å². The summed E-state index contributed by atoms with van der Waals surface area (Å²) in [5.74, 6) is 0.471. The van der Waals surface area contributed by atoms with Crippen LogP contribution in [0.15, 0.2) is 48.5 Å². The fourth-order valence-electron chi connectivity index (χ4n) is 2.71. The lowest BCUT2D eigenvalue weighted by molar-refractivity contribution is 0.0600. The minimum absolute atomic E-state index is 0. The van der Waals surface area contributed by atoms with Gasteiger partial charge in [0, 0.05) is 25.2 Å². The maximum atomic E-state index is 11.8. The normalized spacial score (nSPS) is 9.86. The van der Waals surface area contributed by atoms with Crippen LogP contribution in [-0.2, 0) is 17.8 Å². The van der Waals surface area contributed by atoms with Gasteiger partial charge in [0.1, 0.15) is 12.4 Å². The number of likely N-dealkylation sites (N-methyl/N-ethyl adjacent to an activating group) is 1.